The largest absolute Gasteiger partial charge is 0.493 e. The normalized spacial score (nSPS) is 10.1. The van der Waals surface area contributed by atoms with Crippen LogP contribution in [0.25, 0.3) is 0 Å². The third-order valence-corrected chi connectivity index (χ3v) is 4.30. The summed E-state index contributed by atoms with van der Waals surface area (Å²) < 4.78 is 11.1. The number of carbonyl (C=O) groups excluding carboxylic acids is 1. The van der Waals surface area contributed by atoms with E-state index in [0.717, 1.165) is 4.47 Å². The van der Waals surface area contributed by atoms with E-state index < -0.39 is 0 Å². The Labute approximate surface area is 123 Å². The van der Waals surface area contributed by atoms with Crippen LogP contribution in [0.4, 0.5) is 5.69 Å². The summed E-state index contributed by atoms with van der Waals surface area (Å²) in [7, 11) is 3.12. The molecule has 4 nitrogen and oxygen atoms in total. The first kappa shape index (κ1) is 13.9. The number of anilines is 1. The van der Waals surface area contributed by atoms with Crippen molar-refractivity contribution in [3.8, 4) is 11.5 Å². The lowest BCUT2D eigenvalue weighted by atomic mass is 10.2. The molecule has 0 atom stereocenters. The van der Waals surface area contributed by atoms with Crippen LogP contribution in [0.15, 0.2) is 34.1 Å². The monoisotopic (exact) mass is 341 g/mol. The molecule has 0 fully saturated rings. The first-order valence-electron chi connectivity index (χ1n) is 5.42. The van der Waals surface area contributed by atoms with Crippen molar-refractivity contribution in [2.75, 3.05) is 19.5 Å². The van der Waals surface area contributed by atoms with Gasteiger partial charge in [-0.1, -0.05) is 0 Å². The molecule has 2 rings (SSSR count). The summed E-state index contributed by atoms with van der Waals surface area (Å²) in [5, 5.41) is 4.67. The number of carbonyl (C=O) groups is 1. The van der Waals surface area contributed by atoms with E-state index in [1.807, 2.05) is 11.4 Å². The molecule has 0 unspecified atom stereocenters. The molecular formula is C13H12BrNO3S. The van der Waals surface area contributed by atoms with Crippen molar-refractivity contribution in [2.24, 2.45) is 0 Å². The van der Waals surface area contributed by atoms with Gasteiger partial charge in [0, 0.05) is 16.2 Å². The van der Waals surface area contributed by atoms with Gasteiger partial charge in [-0.05, 0) is 39.5 Å². The number of amides is 1. The van der Waals surface area contributed by atoms with Crippen LogP contribution in [0.1, 0.15) is 9.67 Å². The van der Waals surface area contributed by atoms with Crippen LogP contribution in [0.3, 0.4) is 0 Å². The molecule has 0 aliphatic carbocycles. The van der Waals surface area contributed by atoms with Gasteiger partial charge in [0.25, 0.3) is 5.91 Å². The van der Waals surface area contributed by atoms with Crippen LogP contribution in [-0.2, 0) is 0 Å². The maximum Gasteiger partial charge on any atom is 0.266 e. The molecular weight excluding hydrogens is 330 g/mol. The molecule has 1 heterocycles. The molecule has 0 saturated carbocycles. The zero-order valence-electron chi connectivity index (χ0n) is 10.4. The van der Waals surface area contributed by atoms with Gasteiger partial charge >= 0.3 is 0 Å². The highest BCUT2D eigenvalue weighted by molar-refractivity contribution is 9.10. The van der Waals surface area contributed by atoms with E-state index in [9.17, 15) is 4.79 Å². The quantitative estimate of drug-likeness (QED) is 0.920. The van der Waals surface area contributed by atoms with Crippen molar-refractivity contribution in [1.29, 1.82) is 0 Å². The topological polar surface area (TPSA) is 47.6 Å². The van der Waals surface area contributed by atoms with Crippen molar-refractivity contribution >= 4 is 38.9 Å². The molecule has 0 spiro atoms. The zero-order chi connectivity index (χ0) is 13.8. The lowest BCUT2D eigenvalue weighted by Crippen LogP contribution is -2.10. The SMILES string of the molecule is COc1ccc(NC(=O)c2sccc2Br)cc1OC. The summed E-state index contributed by atoms with van der Waals surface area (Å²) in [5.41, 5.74) is 0.656. The summed E-state index contributed by atoms with van der Waals surface area (Å²) in [5.74, 6) is 1.04. The van der Waals surface area contributed by atoms with Crippen LogP contribution in [0.5, 0.6) is 11.5 Å². The van der Waals surface area contributed by atoms with Crippen LogP contribution in [0, 0.1) is 0 Å². The highest BCUT2D eigenvalue weighted by Crippen LogP contribution is 2.30. The highest BCUT2D eigenvalue weighted by atomic mass is 79.9. The standard InChI is InChI=1S/C13H12BrNO3S/c1-17-10-4-3-8(7-11(10)18-2)15-13(16)12-9(14)5-6-19-12/h3-7H,1-2H3,(H,15,16). The predicted octanol–water partition coefficient (Wildman–Crippen LogP) is 3.78. The van der Waals surface area contributed by atoms with E-state index in [-0.39, 0.29) is 5.91 Å². The van der Waals surface area contributed by atoms with E-state index in [4.69, 9.17) is 9.47 Å². The molecule has 100 valence electrons. The molecule has 0 radical (unpaired) electrons. The Balaban J connectivity index is 2.20. The maximum atomic E-state index is 12.0. The Hall–Kier alpha value is -1.53. The van der Waals surface area contributed by atoms with Crippen LogP contribution < -0.4 is 14.8 Å². The number of hydrogen-bond acceptors (Lipinski definition) is 4. The molecule has 0 saturated heterocycles. The van der Waals surface area contributed by atoms with Gasteiger partial charge in [-0.2, -0.15) is 0 Å². The Kier molecular flexibility index (Phi) is 4.44. The minimum Gasteiger partial charge on any atom is -0.493 e. The number of halogens is 1. The number of methoxy groups -OCH3 is 2. The van der Waals surface area contributed by atoms with Crippen molar-refractivity contribution in [3.63, 3.8) is 0 Å². The average molecular weight is 342 g/mol. The van der Waals surface area contributed by atoms with Gasteiger partial charge < -0.3 is 14.8 Å². The number of nitrogens with one attached hydrogen (secondary N) is 1. The lowest BCUT2D eigenvalue weighted by molar-refractivity contribution is 0.103. The van der Waals surface area contributed by atoms with Gasteiger partial charge in [0.1, 0.15) is 4.88 Å². The molecule has 1 N–H and O–H groups in total. The molecule has 2 aromatic rings. The predicted molar refractivity (Wildman–Crippen MR) is 79.5 cm³/mol. The van der Waals surface area contributed by atoms with E-state index >= 15 is 0 Å². The van der Waals surface area contributed by atoms with Gasteiger partial charge in [-0.3, -0.25) is 4.79 Å². The number of benzene rings is 1. The second kappa shape index (κ2) is 6.08. The summed E-state index contributed by atoms with van der Waals surface area (Å²) in [4.78, 5) is 12.7. The van der Waals surface area contributed by atoms with E-state index in [1.165, 1.54) is 11.3 Å². The Morgan fingerprint density at radius 1 is 1.21 bits per heavy atom. The fourth-order valence-corrected chi connectivity index (χ4v) is 3.00. The molecule has 0 aliphatic rings. The van der Waals surface area contributed by atoms with Gasteiger partial charge in [-0.15, -0.1) is 11.3 Å². The fourth-order valence-electron chi connectivity index (χ4n) is 1.56. The summed E-state index contributed by atoms with van der Waals surface area (Å²) >= 11 is 4.72. The maximum absolute atomic E-state index is 12.0. The van der Waals surface area contributed by atoms with Crippen molar-refractivity contribution < 1.29 is 14.3 Å². The Bertz CT molecular complexity index is 597. The van der Waals surface area contributed by atoms with Gasteiger partial charge in [0.2, 0.25) is 0 Å². The summed E-state index contributed by atoms with van der Waals surface area (Å²) in [6, 6.07) is 7.07. The number of thiophene rings is 1. The van der Waals surface area contributed by atoms with Crippen LogP contribution in [-0.4, -0.2) is 20.1 Å². The minimum atomic E-state index is -0.158. The van der Waals surface area contributed by atoms with E-state index in [0.29, 0.717) is 22.1 Å². The highest BCUT2D eigenvalue weighted by Gasteiger charge is 2.13. The second-order valence-corrected chi connectivity index (χ2v) is 5.39. The number of ether oxygens (including phenoxy) is 2. The molecule has 1 amide bonds. The van der Waals surface area contributed by atoms with Crippen molar-refractivity contribution in [2.45, 2.75) is 0 Å². The lowest BCUT2D eigenvalue weighted by Gasteiger charge is -2.10. The second-order valence-electron chi connectivity index (χ2n) is 3.62. The van der Waals surface area contributed by atoms with Crippen molar-refractivity contribution in [1.82, 2.24) is 0 Å². The minimum absolute atomic E-state index is 0.158. The Morgan fingerprint density at radius 3 is 2.53 bits per heavy atom. The van der Waals surface area contributed by atoms with Gasteiger partial charge in [-0.25, -0.2) is 0 Å². The smallest absolute Gasteiger partial charge is 0.266 e. The first-order valence-corrected chi connectivity index (χ1v) is 7.09. The van der Waals surface area contributed by atoms with Crippen LogP contribution in [0.2, 0.25) is 0 Å². The van der Waals surface area contributed by atoms with Crippen LogP contribution >= 0.6 is 27.3 Å². The van der Waals surface area contributed by atoms with Crippen molar-refractivity contribution in [3.05, 3.63) is 39.0 Å². The average Bonchev–Trinajstić information content (AvgIpc) is 2.85. The molecule has 1 aromatic heterocycles. The van der Waals surface area contributed by atoms with Gasteiger partial charge in [0.05, 0.1) is 14.2 Å². The number of rotatable bonds is 4. The summed E-state index contributed by atoms with van der Waals surface area (Å²) in [6.07, 6.45) is 0. The Morgan fingerprint density at radius 2 is 1.95 bits per heavy atom. The molecule has 0 aliphatic heterocycles. The molecule has 19 heavy (non-hydrogen) atoms. The zero-order valence-corrected chi connectivity index (χ0v) is 12.8. The summed E-state index contributed by atoms with van der Waals surface area (Å²) in [6.45, 7) is 0. The fraction of sp³-hybridized carbons (Fsp3) is 0.154. The van der Waals surface area contributed by atoms with Gasteiger partial charge in [0.15, 0.2) is 11.5 Å². The third kappa shape index (κ3) is 3.08. The van der Waals surface area contributed by atoms with E-state index in [1.54, 1.807) is 32.4 Å². The third-order valence-electron chi connectivity index (χ3n) is 2.46. The molecule has 1 aromatic carbocycles. The van der Waals surface area contributed by atoms with E-state index in [2.05, 4.69) is 21.2 Å². The molecule has 6 heteroatoms. The number of hydrogen-bond donors (Lipinski definition) is 1. The first-order chi connectivity index (χ1) is 9.15. The molecule has 0 bridgehead atoms.